The lowest BCUT2D eigenvalue weighted by molar-refractivity contribution is 0.252. The van der Waals surface area contributed by atoms with Gasteiger partial charge in [-0.3, -0.25) is 0 Å². The molecule has 4 nitrogen and oxygen atoms in total. The van der Waals surface area contributed by atoms with Gasteiger partial charge in [-0.1, -0.05) is 48.0 Å². The maximum absolute atomic E-state index is 11.5. The Balaban J connectivity index is 1.89. The number of benzene rings is 2. The molecule has 0 unspecified atom stereocenters. The quantitative estimate of drug-likeness (QED) is 0.653. The van der Waals surface area contributed by atoms with E-state index < -0.39 is 6.03 Å². The zero-order valence-electron chi connectivity index (χ0n) is 10.0. The number of para-hydroxylation sites is 1. The van der Waals surface area contributed by atoms with E-state index in [4.69, 9.17) is 11.6 Å². The van der Waals surface area contributed by atoms with E-state index in [0.29, 0.717) is 10.7 Å². The number of halogens is 1. The summed E-state index contributed by atoms with van der Waals surface area (Å²) in [5.41, 5.74) is 3.81. The van der Waals surface area contributed by atoms with E-state index >= 15 is 0 Å². The number of carbonyl (C=O) groups is 1. The van der Waals surface area contributed by atoms with Crippen molar-refractivity contribution in [2.24, 2.45) is 5.10 Å². The third-order valence-electron chi connectivity index (χ3n) is 2.31. The zero-order valence-corrected chi connectivity index (χ0v) is 10.8. The van der Waals surface area contributed by atoms with Crippen LogP contribution in [0.1, 0.15) is 5.56 Å². The van der Waals surface area contributed by atoms with Gasteiger partial charge in [-0.25, -0.2) is 10.2 Å². The third kappa shape index (κ3) is 4.12. The van der Waals surface area contributed by atoms with E-state index in [1.54, 1.807) is 18.2 Å². The smallest absolute Gasteiger partial charge is 0.307 e. The number of amides is 2. The van der Waals surface area contributed by atoms with Crippen molar-refractivity contribution in [3.8, 4) is 0 Å². The molecule has 0 heterocycles. The van der Waals surface area contributed by atoms with Gasteiger partial charge in [0.15, 0.2) is 0 Å². The highest BCUT2D eigenvalue weighted by Crippen LogP contribution is 2.12. The Morgan fingerprint density at radius 1 is 1.05 bits per heavy atom. The molecule has 0 radical (unpaired) electrons. The van der Waals surface area contributed by atoms with Crippen LogP contribution in [-0.4, -0.2) is 12.2 Å². The molecule has 0 saturated carbocycles. The number of hydrogen-bond acceptors (Lipinski definition) is 2. The maximum atomic E-state index is 11.5. The van der Waals surface area contributed by atoms with Crippen LogP contribution in [0.4, 0.5) is 10.5 Å². The second kappa shape index (κ2) is 6.56. The number of carbonyl (C=O) groups excluding carboxylic acids is 1. The van der Waals surface area contributed by atoms with Crippen molar-refractivity contribution in [1.29, 1.82) is 0 Å². The lowest BCUT2D eigenvalue weighted by Crippen LogP contribution is -2.24. The number of hydrogen-bond donors (Lipinski definition) is 2. The number of nitrogens with one attached hydrogen (secondary N) is 2. The molecule has 0 aliphatic heterocycles. The van der Waals surface area contributed by atoms with Crippen molar-refractivity contribution in [3.63, 3.8) is 0 Å². The number of anilines is 1. The number of nitrogens with zero attached hydrogens (tertiary/aromatic N) is 1. The van der Waals surface area contributed by atoms with E-state index in [9.17, 15) is 4.79 Å². The molecular weight excluding hydrogens is 262 g/mol. The summed E-state index contributed by atoms with van der Waals surface area (Å²) in [4.78, 5) is 11.5. The highest BCUT2D eigenvalue weighted by molar-refractivity contribution is 6.33. The first-order chi connectivity index (χ1) is 9.25. The average molecular weight is 274 g/mol. The Hall–Kier alpha value is -2.33. The van der Waals surface area contributed by atoms with Crippen molar-refractivity contribution in [2.45, 2.75) is 0 Å². The molecule has 0 aliphatic carbocycles. The summed E-state index contributed by atoms with van der Waals surface area (Å²) < 4.78 is 0. The molecule has 2 amide bonds. The molecule has 0 saturated heterocycles. The molecule has 0 spiro atoms. The molecule has 0 aromatic heterocycles. The predicted molar refractivity (Wildman–Crippen MR) is 77.6 cm³/mol. The molecule has 96 valence electrons. The van der Waals surface area contributed by atoms with Crippen LogP contribution >= 0.6 is 11.6 Å². The first-order valence-electron chi connectivity index (χ1n) is 5.65. The lowest BCUT2D eigenvalue weighted by Gasteiger charge is -2.03. The number of urea groups is 1. The molecule has 2 N–H and O–H groups in total. The Labute approximate surface area is 116 Å². The molecule has 2 aromatic rings. The van der Waals surface area contributed by atoms with Crippen LogP contribution in [0.15, 0.2) is 59.7 Å². The summed E-state index contributed by atoms with van der Waals surface area (Å²) in [7, 11) is 0. The van der Waals surface area contributed by atoms with E-state index in [2.05, 4.69) is 15.8 Å². The molecular formula is C14H12ClN3O. The predicted octanol–water partition coefficient (Wildman–Crippen LogP) is 3.50. The van der Waals surface area contributed by atoms with Crippen LogP contribution in [-0.2, 0) is 0 Å². The topological polar surface area (TPSA) is 53.5 Å². The number of hydrazone groups is 1. The average Bonchev–Trinajstić information content (AvgIpc) is 2.42. The Bertz CT molecular complexity index is 584. The van der Waals surface area contributed by atoms with Gasteiger partial charge < -0.3 is 5.32 Å². The third-order valence-corrected chi connectivity index (χ3v) is 2.65. The van der Waals surface area contributed by atoms with E-state index in [1.165, 1.54) is 6.21 Å². The highest BCUT2D eigenvalue weighted by Gasteiger charge is 1.99. The fraction of sp³-hybridized carbons (Fsp3) is 0. The number of rotatable bonds is 3. The molecule has 2 aromatic carbocycles. The van der Waals surface area contributed by atoms with Crippen molar-refractivity contribution in [3.05, 3.63) is 65.2 Å². The standard InChI is InChI=1S/C14H12ClN3O/c15-13-9-5-4-6-11(13)10-16-18-14(19)17-12-7-2-1-3-8-12/h1-10H,(H2,17,18,19)/b16-10+. The van der Waals surface area contributed by atoms with Crippen LogP contribution in [0.2, 0.25) is 5.02 Å². The van der Waals surface area contributed by atoms with Crippen molar-refractivity contribution < 1.29 is 4.79 Å². The minimum atomic E-state index is -0.408. The normalized spacial score (nSPS) is 10.4. The maximum Gasteiger partial charge on any atom is 0.339 e. The summed E-state index contributed by atoms with van der Waals surface area (Å²) in [5, 5.41) is 7.05. The van der Waals surface area contributed by atoms with E-state index in [-0.39, 0.29) is 0 Å². The molecule has 0 aliphatic rings. The molecule has 0 bridgehead atoms. The Kier molecular flexibility index (Phi) is 4.53. The zero-order chi connectivity index (χ0) is 13.5. The first-order valence-corrected chi connectivity index (χ1v) is 6.03. The fourth-order valence-corrected chi connectivity index (χ4v) is 1.61. The van der Waals surface area contributed by atoms with Crippen LogP contribution in [0.3, 0.4) is 0 Å². The second-order valence-electron chi connectivity index (χ2n) is 3.71. The van der Waals surface area contributed by atoms with Crippen LogP contribution in [0, 0.1) is 0 Å². The van der Waals surface area contributed by atoms with Gasteiger partial charge in [-0.05, 0) is 18.2 Å². The van der Waals surface area contributed by atoms with E-state index in [0.717, 1.165) is 5.56 Å². The highest BCUT2D eigenvalue weighted by atomic mass is 35.5. The van der Waals surface area contributed by atoms with Crippen molar-refractivity contribution in [1.82, 2.24) is 5.43 Å². The SMILES string of the molecule is O=C(N/N=C/c1ccccc1Cl)Nc1ccccc1. The lowest BCUT2D eigenvalue weighted by atomic mass is 10.2. The van der Waals surface area contributed by atoms with Gasteiger partial charge >= 0.3 is 6.03 Å². The van der Waals surface area contributed by atoms with Gasteiger partial charge in [0.05, 0.1) is 6.21 Å². The van der Waals surface area contributed by atoms with Crippen molar-refractivity contribution in [2.75, 3.05) is 5.32 Å². The van der Waals surface area contributed by atoms with Crippen LogP contribution < -0.4 is 10.7 Å². The first kappa shape index (κ1) is 13.1. The van der Waals surface area contributed by atoms with Gasteiger partial charge in [0.2, 0.25) is 0 Å². The summed E-state index contributed by atoms with van der Waals surface area (Å²) in [6, 6.07) is 16.0. The molecule has 19 heavy (non-hydrogen) atoms. The fourth-order valence-electron chi connectivity index (χ4n) is 1.42. The van der Waals surface area contributed by atoms with Crippen LogP contribution in [0.25, 0.3) is 0 Å². The van der Waals surface area contributed by atoms with Gasteiger partial charge in [0.25, 0.3) is 0 Å². The van der Waals surface area contributed by atoms with Gasteiger partial charge in [0.1, 0.15) is 0 Å². The summed E-state index contributed by atoms with van der Waals surface area (Å²) >= 11 is 5.95. The van der Waals surface area contributed by atoms with Gasteiger partial charge in [-0.2, -0.15) is 5.10 Å². The minimum Gasteiger partial charge on any atom is -0.307 e. The second-order valence-corrected chi connectivity index (χ2v) is 4.12. The van der Waals surface area contributed by atoms with Gasteiger partial charge in [-0.15, -0.1) is 0 Å². The Morgan fingerprint density at radius 2 is 1.74 bits per heavy atom. The molecule has 0 fully saturated rings. The summed E-state index contributed by atoms with van der Waals surface area (Å²) in [5.74, 6) is 0. The van der Waals surface area contributed by atoms with Crippen LogP contribution in [0.5, 0.6) is 0 Å². The van der Waals surface area contributed by atoms with E-state index in [1.807, 2.05) is 36.4 Å². The van der Waals surface area contributed by atoms with Crippen molar-refractivity contribution >= 4 is 29.5 Å². The largest absolute Gasteiger partial charge is 0.339 e. The minimum absolute atomic E-state index is 0.408. The molecule has 5 heteroatoms. The summed E-state index contributed by atoms with van der Waals surface area (Å²) in [6.45, 7) is 0. The Morgan fingerprint density at radius 3 is 2.47 bits per heavy atom. The summed E-state index contributed by atoms with van der Waals surface area (Å²) in [6.07, 6.45) is 1.49. The molecule has 2 rings (SSSR count). The monoisotopic (exact) mass is 273 g/mol. The molecule has 0 atom stereocenters. The van der Waals surface area contributed by atoms with Gasteiger partial charge in [0, 0.05) is 16.3 Å².